The molecule has 8 heteroatoms. The normalized spacial score (nSPS) is 23.0. The summed E-state index contributed by atoms with van der Waals surface area (Å²) in [6.45, 7) is 2.49. The van der Waals surface area contributed by atoms with Crippen molar-refractivity contribution in [3.05, 3.63) is 29.3 Å². The highest BCUT2D eigenvalue weighted by molar-refractivity contribution is 6.08. The van der Waals surface area contributed by atoms with Crippen LogP contribution in [0.25, 0.3) is 0 Å². The molecule has 1 aliphatic rings. The average Bonchev–Trinajstić information content (AvgIpc) is 2.38. The Labute approximate surface area is 111 Å². The average molecular weight is 290 g/mol. The lowest BCUT2D eigenvalue weighted by molar-refractivity contribution is -0.133. The van der Waals surface area contributed by atoms with Gasteiger partial charge in [0.15, 0.2) is 23.3 Å². The van der Waals surface area contributed by atoms with Gasteiger partial charge >= 0.3 is 0 Å². The summed E-state index contributed by atoms with van der Waals surface area (Å²) in [6.07, 6.45) is 0. The smallest absolute Gasteiger partial charge is 0.250 e. The van der Waals surface area contributed by atoms with E-state index in [2.05, 4.69) is 5.32 Å². The Kier molecular flexibility index (Phi) is 3.41. The molecular formula is C12H10F4N2O2. The molecule has 0 saturated carbocycles. The number of hydrogen-bond acceptors (Lipinski definition) is 2. The fraction of sp³-hybridized carbons (Fsp3) is 0.333. The Morgan fingerprint density at radius 3 is 2.05 bits per heavy atom. The summed E-state index contributed by atoms with van der Waals surface area (Å²) < 4.78 is 53.8. The van der Waals surface area contributed by atoms with Gasteiger partial charge in [-0.15, -0.1) is 0 Å². The van der Waals surface area contributed by atoms with E-state index in [9.17, 15) is 27.2 Å². The molecule has 1 N–H and O–H groups in total. The Morgan fingerprint density at radius 1 is 1.05 bits per heavy atom. The number of benzene rings is 1. The van der Waals surface area contributed by atoms with E-state index in [1.807, 2.05) is 0 Å². The van der Waals surface area contributed by atoms with Gasteiger partial charge in [-0.05, 0) is 13.8 Å². The molecule has 2 amide bonds. The van der Waals surface area contributed by atoms with Gasteiger partial charge in [0.2, 0.25) is 11.8 Å². The van der Waals surface area contributed by atoms with Crippen molar-refractivity contribution in [2.45, 2.75) is 25.9 Å². The number of carbonyl (C=O) groups is 2. The molecule has 1 aliphatic heterocycles. The molecule has 0 aliphatic carbocycles. The topological polar surface area (TPSA) is 49.4 Å². The molecule has 0 bridgehead atoms. The molecule has 0 spiro atoms. The van der Waals surface area contributed by atoms with Gasteiger partial charge in [-0.1, -0.05) is 0 Å². The van der Waals surface area contributed by atoms with Crippen LogP contribution in [-0.2, 0) is 9.59 Å². The van der Waals surface area contributed by atoms with Crippen molar-refractivity contribution >= 4 is 17.5 Å². The van der Waals surface area contributed by atoms with Crippen molar-refractivity contribution in [3.63, 3.8) is 0 Å². The second-order valence-electron chi connectivity index (χ2n) is 4.43. The summed E-state index contributed by atoms with van der Waals surface area (Å²) in [5, 5.41) is 2.28. The van der Waals surface area contributed by atoms with Crippen molar-refractivity contribution in [1.82, 2.24) is 5.32 Å². The third kappa shape index (κ3) is 2.00. The zero-order chi connectivity index (χ0) is 15.2. The Morgan fingerprint density at radius 2 is 1.55 bits per heavy atom. The lowest BCUT2D eigenvalue weighted by atomic mass is 10.1. The molecule has 1 saturated heterocycles. The highest BCUT2D eigenvalue weighted by atomic mass is 19.2. The first kappa shape index (κ1) is 14.3. The summed E-state index contributed by atoms with van der Waals surface area (Å²) in [7, 11) is 0. The maximum absolute atomic E-state index is 13.7. The van der Waals surface area contributed by atoms with Crippen molar-refractivity contribution < 1.29 is 27.2 Å². The molecule has 2 atom stereocenters. The van der Waals surface area contributed by atoms with Crippen LogP contribution >= 0.6 is 0 Å². The molecule has 1 fully saturated rings. The number of carbonyl (C=O) groups excluding carboxylic acids is 2. The number of hydrogen-bond donors (Lipinski definition) is 1. The molecule has 2 unspecified atom stereocenters. The van der Waals surface area contributed by atoms with Gasteiger partial charge in [0.1, 0.15) is 17.8 Å². The van der Waals surface area contributed by atoms with Crippen molar-refractivity contribution in [3.8, 4) is 0 Å². The minimum Gasteiger partial charge on any atom is -0.343 e. The minimum atomic E-state index is -1.72. The van der Waals surface area contributed by atoms with E-state index >= 15 is 0 Å². The van der Waals surface area contributed by atoms with Crippen LogP contribution in [0.4, 0.5) is 23.2 Å². The highest BCUT2D eigenvalue weighted by Gasteiger charge is 2.40. The Hall–Kier alpha value is -2.12. The van der Waals surface area contributed by atoms with E-state index in [4.69, 9.17) is 0 Å². The van der Waals surface area contributed by atoms with E-state index < -0.39 is 52.9 Å². The first-order valence-corrected chi connectivity index (χ1v) is 5.72. The number of nitrogens with one attached hydrogen (secondary N) is 1. The van der Waals surface area contributed by atoms with Gasteiger partial charge in [-0.2, -0.15) is 0 Å². The number of rotatable bonds is 1. The minimum absolute atomic E-state index is 0.0384. The highest BCUT2D eigenvalue weighted by Crippen LogP contribution is 2.31. The number of halogens is 4. The van der Waals surface area contributed by atoms with Crippen molar-refractivity contribution in [1.29, 1.82) is 0 Å². The maximum Gasteiger partial charge on any atom is 0.250 e. The second kappa shape index (κ2) is 4.77. The van der Waals surface area contributed by atoms with E-state index in [0.717, 1.165) is 0 Å². The molecule has 1 aromatic carbocycles. The standard InChI is InChI=1S/C12H10F4N2O2/c1-4-12(20)18(5(2)11(19)17-4)10-8(15)6(13)3-7(14)9(10)16/h3-5H,1-2H3,(H,17,19). The zero-order valence-electron chi connectivity index (χ0n) is 10.5. The summed E-state index contributed by atoms with van der Waals surface area (Å²) in [5.41, 5.74) is -1.19. The van der Waals surface area contributed by atoms with E-state index in [0.29, 0.717) is 4.90 Å². The van der Waals surface area contributed by atoms with E-state index in [1.165, 1.54) is 13.8 Å². The Bertz CT molecular complexity index is 579. The van der Waals surface area contributed by atoms with E-state index in [1.54, 1.807) is 0 Å². The number of piperazine rings is 1. The van der Waals surface area contributed by atoms with Gasteiger partial charge in [0.25, 0.3) is 0 Å². The van der Waals surface area contributed by atoms with E-state index in [-0.39, 0.29) is 6.07 Å². The number of anilines is 1. The molecule has 1 heterocycles. The first-order chi connectivity index (χ1) is 9.25. The Balaban J connectivity index is 2.65. The lowest BCUT2D eigenvalue weighted by Gasteiger charge is -2.36. The zero-order valence-corrected chi connectivity index (χ0v) is 10.5. The van der Waals surface area contributed by atoms with Crippen LogP contribution in [0, 0.1) is 23.3 Å². The third-order valence-corrected chi connectivity index (χ3v) is 3.06. The molecule has 4 nitrogen and oxygen atoms in total. The summed E-state index contributed by atoms with van der Waals surface area (Å²) in [5.74, 6) is -8.26. The quantitative estimate of drug-likeness (QED) is 0.629. The van der Waals surface area contributed by atoms with Crippen molar-refractivity contribution in [2.24, 2.45) is 0 Å². The van der Waals surface area contributed by atoms with Crippen LogP contribution < -0.4 is 10.2 Å². The van der Waals surface area contributed by atoms with Crippen LogP contribution in [0.5, 0.6) is 0 Å². The van der Waals surface area contributed by atoms with Crippen molar-refractivity contribution in [2.75, 3.05) is 4.90 Å². The predicted octanol–water partition coefficient (Wildman–Crippen LogP) is 1.48. The second-order valence-corrected chi connectivity index (χ2v) is 4.43. The van der Waals surface area contributed by atoms with Crippen LogP contribution in [-0.4, -0.2) is 23.9 Å². The first-order valence-electron chi connectivity index (χ1n) is 5.72. The monoisotopic (exact) mass is 290 g/mol. The number of nitrogens with zero attached hydrogens (tertiary/aromatic N) is 1. The number of amides is 2. The van der Waals surface area contributed by atoms with Crippen LogP contribution in [0.2, 0.25) is 0 Å². The predicted molar refractivity (Wildman–Crippen MR) is 60.8 cm³/mol. The van der Waals surface area contributed by atoms with Gasteiger partial charge < -0.3 is 5.32 Å². The maximum atomic E-state index is 13.7. The summed E-state index contributed by atoms with van der Waals surface area (Å²) in [4.78, 5) is 24.0. The SMILES string of the molecule is CC1NC(=O)C(C)N(c2c(F)c(F)cc(F)c2F)C1=O. The van der Waals surface area contributed by atoms with Crippen LogP contribution in [0.1, 0.15) is 13.8 Å². The molecule has 108 valence electrons. The lowest BCUT2D eigenvalue weighted by Crippen LogP contribution is -2.62. The summed E-state index contributed by atoms with van der Waals surface area (Å²) in [6, 6.07) is -2.30. The molecule has 0 aromatic heterocycles. The molecule has 20 heavy (non-hydrogen) atoms. The van der Waals surface area contributed by atoms with Crippen LogP contribution in [0.15, 0.2) is 6.07 Å². The largest absolute Gasteiger partial charge is 0.343 e. The molecule has 1 aromatic rings. The third-order valence-electron chi connectivity index (χ3n) is 3.06. The summed E-state index contributed by atoms with van der Waals surface area (Å²) >= 11 is 0. The molecular weight excluding hydrogens is 280 g/mol. The van der Waals surface area contributed by atoms with Gasteiger partial charge in [0.05, 0.1) is 0 Å². The van der Waals surface area contributed by atoms with Gasteiger partial charge in [0, 0.05) is 6.07 Å². The van der Waals surface area contributed by atoms with Crippen LogP contribution in [0.3, 0.4) is 0 Å². The molecule has 2 rings (SSSR count). The molecule has 0 radical (unpaired) electrons. The van der Waals surface area contributed by atoms with Gasteiger partial charge in [-0.3, -0.25) is 14.5 Å². The van der Waals surface area contributed by atoms with Gasteiger partial charge in [-0.25, -0.2) is 17.6 Å². The fourth-order valence-corrected chi connectivity index (χ4v) is 1.99. The fourth-order valence-electron chi connectivity index (χ4n) is 1.99.